The third kappa shape index (κ3) is 6.63. The lowest BCUT2D eigenvalue weighted by molar-refractivity contribution is 0.171. The molecule has 3 aromatic rings. The van der Waals surface area contributed by atoms with Crippen molar-refractivity contribution >= 4 is 11.3 Å². The van der Waals surface area contributed by atoms with Gasteiger partial charge in [0, 0.05) is 39.2 Å². The van der Waals surface area contributed by atoms with Crippen molar-refractivity contribution in [1.82, 2.24) is 9.88 Å². The van der Waals surface area contributed by atoms with E-state index in [-0.39, 0.29) is 13.0 Å². The van der Waals surface area contributed by atoms with E-state index in [0.29, 0.717) is 12.1 Å². The summed E-state index contributed by atoms with van der Waals surface area (Å²) in [5.74, 6) is -0.283. The number of aromatic nitrogens is 1. The topological polar surface area (TPSA) is 36.1 Å². The second-order valence-electron chi connectivity index (χ2n) is 9.17. The Morgan fingerprint density at radius 3 is 2.47 bits per heavy atom. The van der Waals surface area contributed by atoms with Crippen molar-refractivity contribution < 1.29 is 8.78 Å². The lowest BCUT2D eigenvalue weighted by Crippen LogP contribution is -2.33. The van der Waals surface area contributed by atoms with Gasteiger partial charge in [0.05, 0.1) is 0 Å². The Kier molecular flexibility index (Phi) is 9.20. The van der Waals surface area contributed by atoms with Gasteiger partial charge in [-0.1, -0.05) is 20.8 Å². The van der Waals surface area contributed by atoms with Crippen LogP contribution in [0.2, 0.25) is 0 Å². The van der Waals surface area contributed by atoms with Crippen molar-refractivity contribution in [2.75, 3.05) is 13.1 Å². The highest BCUT2D eigenvalue weighted by atomic mass is 32.1. The number of benzene rings is 1. The molecule has 4 rings (SSSR count). The van der Waals surface area contributed by atoms with Gasteiger partial charge in [-0.25, -0.2) is 8.78 Å². The fourth-order valence-electron chi connectivity index (χ4n) is 4.80. The van der Waals surface area contributed by atoms with Crippen LogP contribution in [0.15, 0.2) is 41.2 Å². The van der Waals surface area contributed by atoms with E-state index >= 15 is 0 Å². The number of pyridine rings is 1. The standard InChI is InChI=1S/C27H32F2N2OS.CH4/c1-3-21-15-25(18(2)30-27(21)32)26-8-7-24(33-26)6-4-5-19-9-11-31(12-10-19)17-20-13-22(28)16-23(29)14-20;/h7-8,13-16,19H,3-6,9-12,17H2,1-2H3,(H,30,32);1H4. The maximum absolute atomic E-state index is 13.4. The minimum absolute atomic E-state index is 0. The van der Waals surface area contributed by atoms with Crippen molar-refractivity contribution in [2.45, 2.75) is 66.3 Å². The molecule has 3 heterocycles. The highest BCUT2D eigenvalue weighted by Gasteiger charge is 2.19. The predicted molar refractivity (Wildman–Crippen MR) is 139 cm³/mol. The number of H-pyrrole nitrogens is 1. The summed E-state index contributed by atoms with van der Waals surface area (Å²) in [7, 11) is 0. The van der Waals surface area contributed by atoms with Gasteiger partial charge in [-0.15, -0.1) is 11.3 Å². The molecule has 1 saturated heterocycles. The first kappa shape index (κ1) is 26.3. The second-order valence-corrected chi connectivity index (χ2v) is 10.3. The fourth-order valence-corrected chi connectivity index (χ4v) is 5.92. The lowest BCUT2D eigenvalue weighted by Gasteiger charge is -2.32. The van der Waals surface area contributed by atoms with Crippen molar-refractivity contribution in [1.29, 1.82) is 0 Å². The number of aryl methyl sites for hydroxylation is 3. The van der Waals surface area contributed by atoms with E-state index in [9.17, 15) is 13.6 Å². The monoisotopic (exact) mass is 486 g/mol. The summed E-state index contributed by atoms with van der Waals surface area (Å²) in [5, 5.41) is 0. The minimum atomic E-state index is -0.502. The highest BCUT2D eigenvalue weighted by Crippen LogP contribution is 2.31. The van der Waals surface area contributed by atoms with Crippen molar-refractivity contribution in [3.63, 3.8) is 0 Å². The average molecular weight is 487 g/mol. The second kappa shape index (κ2) is 11.9. The van der Waals surface area contributed by atoms with Crippen molar-refractivity contribution in [3.05, 3.63) is 80.1 Å². The predicted octanol–water partition coefficient (Wildman–Crippen LogP) is 7.12. The van der Waals surface area contributed by atoms with Crippen molar-refractivity contribution in [3.8, 4) is 10.4 Å². The molecule has 2 aromatic heterocycles. The highest BCUT2D eigenvalue weighted by molar-refractivity contribution is 7.15. The van der Waals surface area contributed by atoms with Gasteiger partial charge >= 0.3 is 0 Å². The number of thiophene rings is 1. The normalized spacial score (nSPS) is 14.8. The molecule has 0 spiro atoms. The summed E-state index contributed by atoms with van der Waals surface area (Å²) >= 11 is 1.82. The molecule has 1 aromatic carbocycles. The molecule has 0 amide bonds. The third-order valence-corrected chi connectivity index (χ3v) is 7.87. The van der Waals surface area contributed by atoms with Crippen LogP contribution in [0, 0.1) is 24.5 Å². The molecule has 1 N–H and O–H groups in total. The summed E-state index contributed by atoms with van der Waals surface area (Å²) < 4.78 is 26.8. The van der Waals surface area contributed by atoms with Crippen LogP contribution in [-0.4, -0.2) is 23.0 Å². The Bertz CT molecular complexity index is 1130. The zero-order valence-corrected chi connectivity index (χ0v) is 20.2. The summed E-state index contributed by atoms with van der Waals surface area (Å²) in [6.07, 6.45) is 6.49. The van der Waals surface area contributed by atoms with Gasteiger partial charge in [0.15, 0.2) is 0 Å². The van der Waals surface area contributed by atoms with Gasteiger partial charge in [-0.3, -0.25) is 9.69 Å². The summed E-state index contributed by atoms with van der Waals surface area (Å²) in [6.45, 7) is 6.56. The molecule has 0 unspecified atom stereocenters. The number of likely N-dealkylation sites (tertiary alicyclic amines) is 1. The van der Waals surface area contributed by atoms with Crippen LogP contribution in [0.1, 0.15) is 61.7 Å². The number of nitrogens with zero attached hydrogens (tertiary/aromatic N) is 1. The summed E-state index contributed by atoms with van der Waals surface area (Å²) in [6, 6.07) is 10.2. The maximum Gasteiger partial charge on any atom is 0.251 e. The van der Waals surface area contributed by atoms with Crippen LogP contribution in [0.4, 0.5) is 8.78 Å². The molecule has 1 aliphatic heterocycles. The molecule has 0 aliphatic carbocycles. The van der Waals surface area contributed by atoms with Crippen LogP contribution < -0.4 is 5.56 Å². The molecule has 3 nitrogen and oxygen atoms in total. The zero-order chi connectivity index (χ0) is 23.4. The van der Waals surface area contributed by atoms with Crippen LogP contribution >= 0.6 is 11.3 Å². The molecule has 1 fully saturated rings. The number of hydrogen-bond acceptors (Lipinski definition) is 3. The van der Waals surface area contributed by atoms with E-state index in [0.717, 1.165) is 67.6 Å². The van der Waals surface area contributed by atoms with Crippen LogP contribution in [0.5, 0.6) is 0 Å². The average Bonchev–Trinajstić information content (AvgIpc) is 3.23. The number of rotatable bonds is 8. The van der Waals surface area contributed by atoms with Gasteiger partial charge in [0.1, 0.15) is 11.6 Å². The number of aromatic amines is 1. The molecule has 0 atom stereocenters. The van der Waals surface area contributed by atoms with E-state index < -0.39 is 11.6 Å². The molecule has 1 aliphatic rings. The minimum Gasteiger partial charge on any atom is -0.326 e. The first-order valence-corrected chi connectivity index (χ1v) is 12.7. The molecule has 0 saturated carbocycles. The smallest absolute Gasteiger partial charge is 0.251 e. The van der Waals surface area contributed by atoms with Crippen LogP contribution in [0.3, 0.4) is 0 Å². The molecule has 0 radical (unpaired) electrons. The Labute approximate surface area is 205 Å². The summed E-state index contributed by atoms with van der Waals surface area (Å²) in [5.41, 5.74) is 3.62. The molecule has 6 heteroatoms. The molecule has 34 heavy (non-hydrogen) atoms. The lowest BCUT2D eigenvalue weighted by atomic mass is 9.91. The Morgan fingerprint density at radius 2 is 1.79 bits per heavy atom. The van der Waals surface area contributed by atoms with Crippen molar-refractivity contribution in [2.24, 2.45) is 5.92 Å². The molecule has 0 bridgehead atoms. The van der Waals surface area contributed by atoms with Gasteiger partial charge in [-0.2, -0.15) is 0 Å². The molecule has 184 valence electrons. The largest absolute Gasteiger partial charge is 0.326 e. The van der Waals surface area contributed by atoms with Gasteiger partial charge in [0.25, 0.3) is 5.56 Å². The van der Waals surface area contributed by atoms with Gasteiger partial charge < -0.3 is 4.98 Å². The fraction of sp³-hybridized carbons (Fsp3) is 0.464. The van der Waals surface area contributed by atoms with Crippen LogP contribution in [0.25, 0.3) is 10.4 Å². The number of nitrogens with one attached hydrogen (secondary N) is 1. The maximum atomic E-state index is 13.4. The first-order chi connectivity index (χ1) is 15.9. The van der Waals surface area contributed by atoms with E-state index in [1.807, 2.05) is 31.3 Å². The zero-order valence-electron chi connectivity index (χ0n) is 19.4. The molecular weight excluding hydrogens is 450 g/mol. The SMILES string of the molecule is C.CCc1cc(-c2ccc(CCCC3CCN(Cc4cc(F)cc(F)c4)CC3)s2)c(C)[nH]c1=O. The number of hydrogen-bond donors (Lipinski definition) is 1. The van der Waals surface area contributed by atoms with Gasteiger partial charge in [-0.05, 0) is 93.9 Å². The number of halogens is 2. The van der Waals surface area contributed by atoms with E-state index in [4.69, 9.17) is 0 Å². The Balaban J connectivity index is 0.00000324. The summed E-state index contributed by atoms with van der Waals surface area (Å²) in [4.78, 5) is 19.9. The first-order valence-electron chi connectivity index (χ1n) is 11.9. The number of piperidine rings is 1. The third-order valence-electron chi connectivity index (χ3n) is 6.69. The Morgan fingerprint density at radius 1 is 1.09 bits per heavy atom. The van der Waals surface area contributed by atoms with Gasteiger partial charge in [0.2, 0.25) is 0 Å². The molecular formula is C28H36F2N2OS. The quantitative estimate of drug-likeness (QED) is 0.368. The van der Waals surface area contributed by atoms with E-state index in [2.05, 4.69) is 22.0 Å². The van der Waals surface area contributed by atoms with E-state index in [1.165, 1.54) is 34.7 Å². The van der Waals surface area contributed by atoms with E-state index in [1.54, 1.807) is 0 Å². The van der Waals surface area contributed by atoms with Crippen LogP contribution in [-0.2, 0) is 19.4 Å². The Hall–Kier alpha value is -2.31.